The van der Waals surface area contributed by atoms with Gasteiger partial charge in [-0.3, -0.25) is 4.90 Å². The lowest BCUT2D eigenvalue weighted by Crippen LogP contribution is -2.38. The Hall–Kier alpha value is -2.28. The molecule has 160 valence electrons. The van der Waals surface area contributed by atoms with Crippen LogP contribution in [0.4, 0.5) is 10.1 Å². The number of rotatable bonds is 7. The van der Waals surface area contributed by atoms with Gasteiger partial charge in [0.05, 0.1) is 26.0 Å². The molecular weight excluding hydrogens is 407 g/mol. The van der Waals surface area contributed by atoms with E-state index in [1.165, 1.54) is 6.07 Å². The normalized spacial score (nSPS) is 16.8. The first-order chi connectivity index (χ1) is 14.6. The zero-order chi connectivity index (χ0) is 20.9. The molecule has 0 N–H and O–H groups in total. The number of morpholine rings is 1. The van der Waals surface area contributed by atoms with Gasteiger partial charge < -0.3 is 19.1 Å². The van der Waals surface area contributed by atoms with Gasteiger partial charge in [0.1, 0.15) is 11.5 Å². The summed E-state index contributed by atoms with van der Waals surface area (Å²) in [5, 5.41) is 0.342. The lowest BCUT2D eigenvalue weighted by Gasteiger charge is -2.32. The van der Waals surface area contributed by atoms with Gasteiger partial charge in [-0.15, -0.1) is 0 Å². The Balaban J connectivity index is 1.50. The van der Waals surface area contributed by atoms with Crippen LogP contribution in [0.5, 0.6) is 11.5 Å². The number of halogens is 2. The number of methoxy groups -OCH3 is 1. The third kappa shape index (κ3) is 4.89. The van der Waals surface area contributed by atoms with E-state index in [9.17, 15) is 4.39 Å². The second-order valence-electron chi connectivity index (χ2n) is 7.38. The molecule has 2 aliphatic heterocycles. The zero-order valence-corrected chi connectivity index (χ0v) is 17.8. The molecule has 0 aliphatic carbocycles. The monoisotopic (exact) mass is 432 g/mol. The molecule has 2 aromatic rings. The van der Waals surface area contributed by atoms with Crippen LogP contribution in [0.15, 0.2) is 42.5 Å². The molecule has 0 atom stereocenters. The summed E-state index contributed by atoms with van der Waals surface area (Å²) >= 11 is 5.86. The SMILES string of the molecule is COc1ccc2c(c1)N(CCCN1CCOCC1)CC=C2Oc1ccc(Cl)cc1F. The van der Waals surface area contributed by atoms with Crippen LogP contribution in [0, 0.1) is 5.82 Å². The molecule has 0 saturated carbocycles. The smallest absolute Gasteiger partial charge is 0.167 e. The van der Waals surface area contributed by atoms with Gasteiger partial charge in [-0.2, -0.15) is 0 Å². The Morgan fingerprint density at radius 1 is 1.10 bits per heavy atom. The van der Waals surface area contributed by atoms with Gasteiger partial charge in [0, 0.05) is 49.4 Å². The van der Waals surface area contributed by atoms with Gasteiger partial charge in [-0.05, 0) is 42.8 Å². The molecule has 0 unspecified atom stereocenters. The van der Waals surface area contributed by atoms with Crippen LogP contribution < -0.4 is 14.4 Å². The van der Waals surface area contributed by atoms with E-state index in [0.717, 1.165) is 62.8 Å². The van der Waals surface area contributed by atoms with Crippen LogP contribution in [0.2, 0.25) is 5.02 Å². The Kier molecular flexibility index (Phi) is 6.77. The highest BCUT2D eigenvalue weighted by Gasteiger charge is 2.22. The fraction of sp³-hybridized carbons (Fsp3) is 0.391. The van der Waals surface area contributed by atoms with Gasteiger partial charge in [-0.1, -0.05) is 11.6 Å². The van der Waals surface area contributed by atoms with Crippen LogP contribution in [0.25, 0.3) is 5.76 Å². The third-order valence-electron chi connectivity index (χ3n) is 5.43. The molecule has 4 rings (SSSR count). The summed E-state index contributed by atoms with van der Waals surface area (Å²) in [6, 6.07) is 10.3. The molecule has 7 heteroatoms. The summed E-state index contributed by atoms with van der Waals surface area (Å²) in [5.74, 6) is 1.10. The van der Waals surface area contributed by atoms with Crippen LogP contribution in [-0.4, -0.2) is 57.9 Å². The molecular formula is C23H26ClFN2O3. The predicted molar refractivity (Wildman–Crippen MR) is 117 cm³/mol. The lowest BCUT2D eigenvalue weighted by atomic mass is 10.0. The molecule has 0 radical (unpaired) electrons. The van der Waals surface area contributed by atoms with E-state index >= 15 is 0 Å². The minimum atomic E-state index is -0.480. The Morgan fingerprint density at radius 2 is 1.93 bits per heavy atom. The molecule has 1 fully saturated rings. The lowest BCUT2D eigenvalue weighted by molar-refractivity contribution is 0.0376. The van der Waals surface area contributed by atoms with Crippen molar-refractivity contribution in [2.45, 2.75) is 6.42 Å². The summed E-state index contributed by atoms with van der Waals surface area (Å²) < 4.78 is 31.0. The number of nitrogens with zero attached hydrogens (tertiary/aromatic N) is 2. The fourth-order valence-electron chi connectivity index (χ4n) is 3.80. The maximum atomic E-state index is 14.2. The van der Waals surface area contributed by atoms with Crippen molar-refractivity contribution in [3.05, 3.63) is 58.9 Å². The topological polar surface area (TPSA) is 34.2 Å². The largest absolute Gasteiger partial charge is 0.497 e. The van der Waals surface area contributed by atoms with Crippen molar-refractivity contribution in [2.75, 3.05) is 57.9 Å². The van der Waals surface area contributed by atoms with Gasteiger partial charge in [0.25, 0.3) is 0 Å². The first-order valence-corrected chi connectivity index (χ1v) is 10.6. The average molecular weight is 433 g/mol. The van der Waals surface area contributed by atoms with Crippen LogP contribution in [-0.2, 0) is 4.74 Å². The van der Waals surface area contributed by atoms with Crippen molar-refractivity contribution >= 4 is 23.0 Å². The highest BCUT2D eigenvalue weighted by atomic mass is 35.5. The van der Waals surface area contributed by atoms with Crippen molar-refractivity contribution < 1.29 is 18.6 Å². The zero-order valence-electron chi connectivity index (χ0n) is 17.1. The highest BCUT2D eigenvalue weighted by molar-refractivity contribution is 6.30. The van der Waals surface area contributed by atoms with E-state index < -0.39 is 5.82 Å². The molecule has 0 aromatic heterocycles. The Bertz CT molecular complexity index is 915. The summed E-state index contributed by atoms with van der Waals surface area (Å²) in [5.41, 5.74) is 1.95. The molecule has 0 amide bonds. The first-order valence-electron chi connectivity index (χ1n) is 10.2. The van der Waals surface area contributed by atoms with E-state index in [1.54, 1.807) is 19.2 Å². The number of hydrogen-bond donors (Lipinski definition) is 0. The number of hydrogen-bond acceptors (Lipinski definition) is 5. The van der Waals surface area contributed by atoms with Gasteiger partial charge in [-0.25, -0.2) is 4.39 Å². The van der Waals surface area contributed by atoms with E-state index in [2.05, 4.69) is 9.80 Å². The van der Waals surface area contributed by atoms with Crippen LogP contribution >= 0.6 is 11.6 Å². The minimum absolute atomic E-state index is 0.160. The number of fused-ring (bicyclic) bond motifs is 1. The van der Waals surface area contributed by atoms with Crippen LogP contribution in [0.1, 0.15) is 12.0 Å². The molecule has 2 aliphatic rings. The third-order valence-corrected chi connectivity index (χ3v) is 5.66. The number of anilines is 1. The van der Waals surface area contributed by atoms with E-state index in [1.807, 2.05) is 24.3 Å². The standard InChI is InChI=1S/C23H26ClFN2O3/c1-28-18-4-5-19-21(16-18)27(9-2-8-26-11-13-29-14-12-26)10-7-22(19)30-23-6-3-17(24)15-20(23)25/h3-7,15-16H,2,8-14H2,1H3. The van der Waals surface area contributed by atoms with Crippen LogP contribution in [0.3, 0.4) is 0 Å². The highest BCUT2D eigenvalue weighted by Crippen LogP contribution is 2.36. The second kappa shape index (κ2) is 9.69. The predicted octanol–water partition coefficient (Wildman–Crippen LogP) is 4.45. The molecule has 0 spiro atoms. The maximum Gasteiger partial charge on any atom is 0.167 e. The average Bonchev–Trinajstić information content (AvgIpc) is 2.77. The van der Waals surface area contributed by atoms with Crippen molar-refractivity contribution in [2.24, 2.45) is 0 Å². The van der Waals surface area contributed by atoms with Gasteiger partial charge in [0.2, 0.25) is 0 Å². The number of benzene rings is 2. The molecule has 0 bridgehead atoms. The van der Waals surface area contributed by atoms with Crippen molar-refractivity contribution in [1.29, 1.82) is 0 Å². The second-order valence-corrected chi connectivity index (χ2v) is 7.82. The van der Waals surface area contributed by atoms with Crippen molar-refractivity contribution in [3.8, 4) is 11.5 Å². The quantitative estimate of drug-likeness (QED) is 0.645. The van der Waals surface area contributed by atoms with Gasteiger partial charge in [0.15, 0.2) is 11.6 Å². The fourth-order valence-corrected chi connectivity index (χ4v) is 3.96. The van der Waals surface area contributed by atoms with Gasteiger partial charge >= 0.3 is 0 Å². The van der Waals surface area contributed by atoms with E-state index in [-0.39, 0.29) is 5.75 Å². The molecule has 30 heavy (non-hydrogen) atoms. The van der Waals surface area contributed by atoms with E-state index in [0.29, 0.717) is 17.3 Å². The van der Waals surface area contributed by atoms with Crippen molar-refractivity contribution in [1.82, 2.24) is 4.90 Å². The molecule has 5 nitrogen and oxygen atoms in total. The summed E-state index contributed by atoms with van der Waals surface area (Å²) in [6.07, 6.45) is 3.05. The van der Waals surface area contributed by atoms with E-state index in [4.69, 9.17) is 25.8 Å². The maximum absolute atomic E-state index is 14.2. The van der Waals surface area contributed by atoms with Crippen molar-refractivity contribution in [3.63, 3.8) is 0 Å². The minimum Gasteiger partial charge on any atom is -0.497 e. The summed E-state index contributed by atoms with van der Waals surface area (Å²) in [7, 11) is 1.66. The molecule has 2 heterocycles. The summed E-state index contributed by atoms with van der Waals surface area (Å²) in [6.45, 7) is 6.26. The summed E-state index contributed by atoms with van der Waals surface area (Å²) in [4.78, 5) is 4.75. The Labute approximate surface area is 181 Å². The first kappa shape index (κ1) is 21.0. The Morgan fingerprint density at radius 3 is 2.70 bits per heavy atom. The molecule has 2 aromatic carbocycles. The molecule has 1 saturated heterocycles. The number of ether oxygens (including phenoxy) is 3.